The van der Waals surface area contributed by atoms with Gasteiger partial charge in [0.05, 0.1) is 5.56 Å². The van der Waals surface area contributed by atoms with Crippen molar-refractivity contribution in [3.05, 3.63) is 48.4 Å². The minimum atomic E-state index is -0.929. The molecule has 0 radical (unpaired) electrons. The van der Waals surface area contributed by atoms with Crippen molar-refractivity contribution in [3.8, 4) is 0 Å². The lowest BCUT2D eigenvalue weighted by Gasteiger charge is -2.17. The lowest BCUT2D eigenvalue weighted by Crippen LogP contribution is -2.11. The van der Waals surface area contributed by atoms with E-state index in [9.17, 15) is 4.79 Å². The molecule has 1 N–H and O–H groups in total. The number of benzene rings is 1. The molecule has 0 saturated heterocycles. The molecule has 0 aliphatic carbocycles. The van der Waals surface area contributed by atoms with E-state index in [2.05, 4.69) is 9.97 Å². The molecule has 1 aromatic heterocycles. The van der Waals surface area contributed by atoms with Gasteiger partial charge in [0.2, 0.25) is 0 Å². The number of carbonyl (C=O) groups is 1. The fourth-order valence-electron chi connectivity index (χ4n) is 1.44. The first kappa shape index (κ1) is 11.1. The lowest BCUT2D eigenvalue weighted by molar-refractivity contribution is 0.0697. The normalized spacial score (nSPS) is 9.94. The zero-order chi connectivity index (χ0) is 12.3. The number of hydrogen-bond acceptors (Lipinski definition) is 4. The summed E-state index contributed by atoms with van der Waals surface area (Å²) in [6, 6.07) is 8.40. The van der Waals surface area contributed by atoms with Crippen molar-refractivity contribution in [1.82, 2.24) is 9.97 Å². The standard InChI is InChI=1S/C12H11N3O2/c1-15(11-6-7-13-8-14-11)10-4-2-9(3-5-10)12(16)17/h2-8H,1H3,(H,16,17). The SMILES string of the molecule is CN(c1ccc(C(=O)O)cc1)c1ccncn1. The molecule has 0 bridgehead atoms. The molecule has 2 aromatic rings. The highest BCUT2D eigenvalue weighted by Crippen LogP contribution is 2.20. The van der Waals surface area contributed by atoms with Gasteiger partial charge in [0.25, 0.3) is 0 Å². The molecule has 0 spiro atoms. The van der Waals surface area contributed by atoms with E-state index in [4.69, 9.17) is 5.11 Å². The van der Waals surface area contributed by atoms with E-state index in [1.807, 2.05) is 11.9 Å². The second kappa shape index (κ2) is 4.61. The first-order valence-electron chi connectivity index (χ1n) is 5.01. The van der Waals surface area contributed by atoms with Gasteiger partial charge < -0.3 is 10.0 Å². The number of carboxylic acids is 1. The maximum atomic E-state index is 10.7. The molecular weight excluding hydrogens is 218 g/mol. The molecule has 0 unspecified atom stereocenters. The van der Waals surface area contributed by atoms with E-state index in [1.165, 1.54) is 6.33 Å². The third-order valence-corrected chi connectivity index (χ3v) is 2.41. The minimum absolute atomic E-state index is 0.268. The second-order valence-corrected chi connectivity index (χ2v) is 3.48. The molecular formula is C12H11N3O2. The van der Waals surface area contributed by atoms with Crippen molar-refractivity contribution < 1.29 is 9.90 Å². The van der Waals surface area contributed by atoms with Crippen molar-refractivity contribution in [3.63, 3.8) is 0 Å². The number of nitrogens with zero attached hydrogens (tertiary/aromatic N) is 3. The number of anilines is 2. The Morgan fingerprint density at radius 3 is 2.47 bits per heavy atom. The Kier molecular flexibility index (Phi) is 3.00. The van der Waals surface area contributed by atoms with Crippen LogP contribution in [0.15, 0.2) is 42.9 Å². The summed E-state index contributed by atoms with van der Waals surface area (Å²) >= 11 is 0. The van der Waals surface area contributed by atoms with Crippen molar-refractivity contribution in [2.24, 2.45) is 0 Å². The zero-order valence-corrected chi connectivity index (χ0v) is 9.24. The van der Waals surface area contributed by atoms with Crippen LogP contribution in [-0.4, -0.2) is 28.1 Å². The van der Waals surface area contributed by atoms with Crippen LogP contribution in [0.5, 0.6) is 0 Å². The van der Waals surface area contributed by atoms with Gasteiger partial charge in [0.15, 0.2) is 0 Å². The van der Waals surface area contributed by atoms with E-state index < -0.39 is 5.97 Å². The summed E-state index contributed by atoms with van der Waals surface area (Å²) in [5.74, 6) is -0.177. The molecule has 0 saturated carbocycles. The average Bonchev–Trinajstić information content (AvgIpc) is 2.39. The average molecular weight is 229 g/mol. The molecule has 86 valence electrons. The van der Waals surface area contributed by atoms with Crippen LogP contribution in [-0.2, 0) is 0 Å². The Balaban J connectivity index is 2.26. The van der Waals surface area contributed by atoms with Gasteiger partial charge in [-0.05, 0) is 30.3 Å². The smallest absolute Gasteiger partial charge is 0.335 e. The molecule has 2 rings (SSSR count). The summed E-state index contributed by atoms with van der Waals surface area (Å²) in [5, 5.41) is 8.80. The topological polar surface area (TPSA) is 66.3 Å². The molecule has 0 amide bonds. The molecule has 17 heavy (non-hydrogen) atoms. The van der Waals surface area contributed by atoms with Crippen LogP contribution in [0.1, 0.15) is 10.4 Å². The highest BCUT2D eigenvalue weighted by Gasteiger charge is 2.06. The predicted molar refractivity (Wildman–Crippen MR) is 63.5 cm³/mol. The van der Waals surface area contributed by atoms with Gasteiger partial charge >= 0.3 is 5.97 Å². The molecule has 1 heterocycles. The van der Waals surface area contributed by atoms with Crippen LogP contribution >= 0.6 is 0 Å². The number of rotatable bonds is 3. The summed E-state index contributed by atoms with van der Waals surface area (Å²) in [7, 11) is 1.86. The molecule has 5 nitrogen and oxygen atoms in total. The van der Waals surface area contributed by atoms with Gasteiger partial charge in [0.1, 0.15) is 12.1 Å². The molecule has 0 atom stereocenters. The Morgan fingerprint density at radius 2 is 1.94 bits per heavy atom. The Hall–Kier alpha value is -2.43. The molecule has 0 aliphatic rings. The largest absolute Gasteiger partial charge is 0.478 e. The monoisotopic (exact) mass is 229 g/mol. The number of aromatic carboxylic acids is 1. The van der Waals surface area contributed by atoms with Crippen molar-refractivity contribution in [2.75, 3.05) is 11.9 Å². The van der Waals surface area contributed by atoms with Crippen molar-refractivity contribution in [1.29, 1.82) is 0 Å². The van der Waals surface area contributed by atoms with Crippen LogP contribution in [0.2, 0.25) is 0 Å². The van der Waals surface area contributed by atoms with E-state index >= 15 is 0 Å². The summed E-state index contributed by atoms with van der Waals surface area (Å²) in [4.78, 5) is 20.5. The van der Waals surface area contributed by atoms with Gasteiger partial charge in [-0.2, -0.15) is 0 Å². The third kappa shape index (κ3) is 2.39. The Labute approximate surface area is 98.4 Å². The van der Waals surface area contributed by atoms with Crippen molar-refractivity contribution in [2.45, 2.75) is 0 Å². The number of aromatic nitrogens is 2. The van der Waals surface area contributed by atoms with E-state index in [0.29, 0.717) is 0 Å². The first-order chi connectivity index (χ1) is 8.18. The fourth-order valence-corrected chi connectivity index (χ4v) is 1.44. The van der Waals surface area contributed by atoms with E-state index in [0.717, 1.165) is 11.5 Å². The van der Waals surface area contributed by atoms with Gasteiger partial charge in [-0.1, -0.05) is 0 Å². The molecule has 1 aromatic carbocycles. The highest BCUT2D eigenvalue weighted by molar-refractivity contribution is 5.88. The summed E-state index contributed by atoms with van der Waals surface area (Å²) < 4.78 is 0. The number of hydrogen-bond donors (Lipinski definition) is 1. The van der Waals surface area contributed by atoms with E-state index in [-0.39, 0.29) is 5.56 Å². The summed E-state index contributed by atoms with van der Waals surface area (Å²) in [6.45, 7) is 0. The fraction of sp³-hybridized carbons (Fsp3) is 0.0833. The van der Waals surface area contributed by atoms with Gasteiger partial charge in [-0.3, -0.25) is 0 Å². The minimum Gasteiger partial charge on any atom is -0.478 e. The first-order valence-corrected chi connectivity index (χ1v) is 5.01. The quantitative estimate of drug-likeness (QED) is 0.871. The highest BCUT2D eigenvalue weighted by atomic mass is 16.4. The third-order valence-electron chi connectivity index (χ3n) is 2.41. The lowest BCUT2D eigenvalue weighted by atomic mass is 10.2. The van der Waals surface area contributed by atoms with Crippen LogP contribution in [0.3, 0.4) is 0 Å². The second-order valence-electron chi connectivity index (χ2n) is 3.48. The van der Waals surface area contributed by atoms with Crippen LogP contribution in [0.25, 0.3) is 0 Å². The van der Waals surface area contributed by atoms with E-state index in [1.54, 1.807) is 36.5 Å². The summed E-state index contributed by atoms with van der Waals surface area (Å²) in [6.07, 6.45) is 3.13. The van der Waals surface area contributed by atoms with Crippen LogP contribution in [0, 0.1) is 0 Å². The van der Waals surface area contributed by atoms with Gasteiger partial charge in [-0.15, -0.1) is 0 Å². The number of carboxylic acid groups (broad SMARTS) is 1. The zero-order valence-electron chi connectivity index (χ0n) is 9.24. The van der Waals surface area contributed by atoms with Gasteiger partial charge in [-0.25, -0.2) is 14.8 Å². The maximum absolute atomic E-state index is 10.7. The summed E-state index contributed by atoms with van der Waals surface area (Å²) in [5.41, 5.74) is 1.14. The van der Waals surface area contributed by atoms with Crippen molar-refractivity contribution >= 4 is 17.5 Å². The molecule has 0 fully saturated rings. The van der Waals surface area contributed by atoms with Crippen LogP contribution < -0.4 is 4.90 Å². The predicted octanol–water partition coefficient (Wildman–Crippen LogP) is 1.94. The van der Waals surface area contributed by atoms with Gasteiger partial charge in [0, 0.05) is 18.9 Å². The molecule has 5 heteroatoms. The molecule has 0 aliphatic heterocycles. The maximum Gasteiger partial charge on any atom is 0.335 e. The Bertz CT molecular complexity index is 511. The van der Waals surface area contributed by atoms with Crippen LogP contribution in [0.4, 0.5) is 11.5 Å². The Morgan fingerprint density at radius 1 is 1.24 bits per heavy atom.